The van der Waals surface area contributed by atoms with E-state index in [1.165, 1.54) is 11.1 Å². The van der Waals surface area contributed by atoms with Crippen molar-refractivity contribution >= 4 is 17.5 Å². The van der Waals surface area contributed by atoms with Gasteiger partial charge in [-0.3, -0.25) is 14.6 Å². The second kappa shape index (κ2) is 6.72. The van der Waals surface area contributed by atoms with E-state index in [9.17, 15) is 9.59 Å². The van der Waals surface area contributed by atoms with Crippen molar-refractivity contribution in [1.29, 1.82) is 0 Å². The third kappa shape index (κ3) is 5.37. The monoisotopic (exact) mass is 264 g/mol. The highest BCUT2D eigenvalue weighted by Crippen LogP contribution is 2.03. The number of carbonyl (C=O) groups excluding carboxylic acids is 2. The summed E-state index contributed by atoms with van der Waals surface area (Å²) in [5, 5.41) is 2.73. The molecule has 0 saturated carbocycles. The van der Waals surface area contributed by atoms with E-state index >= 15 is 0 Å². The van der Waals surface area contributed by atoms with Crippen molar-refractivity contribution in [2.24, 2.45) is 0 Å². The molecule has 0 aliphatic carbocycles. The maximum Gasteiger partial charge on any atom is 0.239 e. The summed E-state index contributed by atoms with van der Waals surface area (Å²) in [5.74, 6) is -0.327. The molecule has 6 heteroatoms. The lowest BCUT2D eigenvalue weighted by Crippen LogP contribution is -2.41. The third-order valence-corrected chi connectivity index (χ3v) is 2.44. The molecule has 1 aromatic heterocycles. The van der Waals surface area contributed by atoms with Gasteiger partial charge >= 0.3 is 0 Å². The van der Waals surface area contributed by atoms with Crippen LogP contribution in [0.15, 0.2) is 18.3 Å². The van der Waals surface area contributed by atoms with Gasteiger partial charge in [-0.1, -0.05) is 0 Å². The summed E-state index contributed by atoms with van der Waals surface area (Å²) in [7, 11) is 1.60. The van der Waals surface area contributed by atoms with Crippen LogP contribution in [0, 0.1) is 0 Å². The minimum atomic E-state index is -0.170. The molecule has 1 heterocycles. The predicted molar refractivity (Wildman–Crippen MR) is 73.3 cm³/mol. The number of carbonyl (C=O) groups is 2. The lowest BCUT2D eigenvalue weighted by molar-refractivity contribution is -0.134. The minimum absolute atomic E-state index is 0.0476. The van der Waals surface area contributed by atoms with E-state index < -0.39 is 0 Å². The molecule has 0 aromatic carbocycles. The average Bonchev–Trinajstić information content (AvgIpc) is 2.30. The van der Waals surface area contributed by atoms with Crippen molar-refractivity contribution in [3.05, 3.63) is 24.0 Å². The summed E-state index contributed by atoms with van der Waals surface area (Å²) in [6, 6.07) is 3.46. The molecule has 1 rings (SSSR count). The van der Waals surface area contributed by atoms with E-state index in [2.05, 4.69) is 10.3 Å². The number of nitrogen functional groups attached to an aromatic ring is 1. The number of aromatic nitrogens is 1. The van der Waals surface area contributed by atoms with Crippen LogP contribution in [0.3, 0.4) is 0 Å². The van der Waals surface area contributed by atoms with Crippen molar-refractivity contribution < 1.29 is 9.59 Å². The van der Waals surface area contributed by atoms with Crippen molar-refractivity contribution in [2.75, 3.05) is 19.3 Å². The molecule has 0 aliphatic rings. The van der Waals surface area contributed by atoms with Crippen LogP contribution >= 0.6 is 0 Å². The zero-order chi connectivity index (χ0) is 14.4. The molecular weight excluding hydrogens is 244 g/mol. The lowest BCUT2D eigenvalue weighted by Gasteiger charge is -2.17. The molecule has 3 N–H and O–H groups in total. The topological polar surface area (TPSA) is 88.3 Å². The summed E-state index contributed by atoms with van der Waals surface area (Å²) in [4.78, 5) is 28.9. The SMILES string of the molecule is CC(C)NC(=O)CN(C)C(=O)Cc1ccc(N)cn1. The molecule has 0 fully saturated rings. The summed E-state index contributed by atoms with van der Waals surface area (Å²) in [6.07, 6.45) is 1.67. The number of rotatable bonds is 5. The molecule has 0 bridgehead atoms. The Morgan fingerprint density at radius 3 is 2.63 bits per heavy atom. The third-order valence-electron chi connectivity index (χ3n) is 2.44. The highest BCUT2D eigenvalue weighted by atomic mass is 16.2. The van der Waals surface area contributed by atoms with Crippen molar-refractivity contribution in [3.63, 3.8) is 0 Å². The van der Waals surface area contributed by atoms with Crippen LogP contribution in [-0.4, -0.2) is 41.3 Å². The van der Waals surface area contributed by atoms with E-state index in [4.69, 9.17) is 5.73 Å². The van der Waals surface area contributed by atoms with Crippen LogP contribution in [0.4, 0.5) is 5.69 Å². The van der Waals surface area contributed by atoms with Crippen molar-refractivity contribution in [2.45, 2.75) is 26.3 Å². The fourth-order valence-corrected chi connectivity index (χ4v) is 1.50. The molecule has 0 saturated heterocycles. The van der Waals surface area contributed by atoms with Gasteiger partial charge < -0.3 is 16.0 Å². The zero-order valence-corrected chi connectivity index (χ0v) is 11.5. The number of nitrogens with one attached hydrogen (secondary N) is 1. The minimum Gasteiger partial charge on any atom is -0.397 e. The highest BCUT2D eigenvalue weighted by molar-refractivity contribution is 5.85. The Balaban J connectivity index is 2.48. The Morgan fingerprint density at radius 2 is 2.11 bits per heavy atom. The first-order chi connectivity index (χ1) is 8.88. The number of hydrogen-bond acceptors (Lipinski definition) is 4. The molecule has 1 aromatic rings. The molecule has 2 amide bonds. The van der Waals surface area contributed by atoms with Gasteiger partial charge in [0.25, 0.3) is 0 Å². The average molecular weight is 264 g/mol. The second-order valence-corrected chi connectivity index (χ2v) is 4.73. The summed E-state index contributed by atoms with van der Waals surface area (Å²) in [5.41, 5.74) is 6.71. The number of anilines is 1. The molecule has 0 unspecified atom stereocenters. The predicted octanol–water partition coefficient (Wildman–Crippen LogP) is 0.189. The quantitative estimate of drug-likeness (QED) is 0.794. The van der Waals surface area contributed by atoms with Gasteiger partial charge in [-0.05, 0) is 26.0 Å². The summed E-state index contributed by atoms with van der Waals surface area (Å²) in [6.45, 7) is 3.79. The van der Waals surface area contributed by atoms with Crippen molar-refractivity contribution in [3.8, 4) is 0 Å². The number of pyridine rings is 1. The molecule has 0 aliphatic heterocycles. The normalized spacial score (nSPS) is 10.3. The van der Waals surface area contributed by atoms with E-state index in [0.29, 0.717) is 11.4 Å². The van der Waals surface area contributed by atoms with Crippen LogP contribution in [0.2, 0.25) is 0 Å². The molecule has 104 valence electrons. The number of amides is 2. The van der Waals surface area contributed by atoms with Crippen LogP contribution in [0.5, 0.6) is 0 Å². The van der Waals surface area contributed by atoms with Gasteiger partial charge in [0.2, 0.25) is 11.8 Å². The van der Waals surface area contributed by atoms with E-state index in [1.54, 1.807) is 19.2 Å². The molecule has 0 radical (unpaired) electrons. The van der Waals surface area contributed by atoms with Gasteiger partial charge in [0, 0.05) is 18.8 Å². The molecule has 19 heavy (non-hydrogen) atoms. The van der Waals surface area contributed by atoms with E-state index in [1.807, 2.05) is 13.8 Å². The Labute approximate surface area is 113 Å². The molecule has 0 atom stereocenters. The first-order valence-electron chi connectivity index (χ1n) is 6.12. The molecule has 0 spiro atoms. The van der Waals surface area contributed by atoms with Gasteiger partial charge in [-0.15, -0.1) is 0 Å². The summed E-state index contributed by atoms with van der Waals surface area (Å²) >= 11 is 0. The number of nitrogens with two attached hydrogens (primary N) is 1. The lowest BCUT2D eigenvalue weighted by atomic mass is 10.2. The number of hydrogen-bond donors (Lipinski definition) is 2. The van der Waals surface area contributed by atoms with Crippen LogP contribution in [-0.2, 0) is 16.0 Å². The van der Waals surface area contributed by atoms with Crippen LogP contribution in [0.25, 0.3) is 0 Å². The number of nitrogens with zero attached hydrogens (tertiary/aromatic N) is 2. The van der Waals surface area contributed by atoms with E-state index in [0.717, 1.165) is 0 Å². The van der Waals surface area contributed by atoms with Gasteiger partial charge in [0.05, 0.1) is 24.8 Å². The number of likely N-dealkylation sites (N-methyl/N-ethyl adjacent to an activating group) is 1. The standard InChI is InChI=1S/C13H20N4O2/c1-9(2)16-12(18)8-17(3)13(19)6-11-5-4-10(14)7-15-11/h4-5,7,9H,6,8,14H2,1-3H3,(H,16,18). The van der Waals surface area contributed by atoms with Gasteiger partial charge in [0.15, 0.2) is 0 Å². The Morgan fingerprint density at radius 1 is 1.42 bits per heavy atom. The highest BCUT2D eigenvalue weighted by Gasteiger charge is 2.14. The molecule has 6 nitrogen and oxygen atoms in total. The largest absolute Gasteiger partial charge is 0.397 e. The van der Waals surface area contributed by atoms with Gasteiger partial charge in [-0.25, -0.2) is 0 Å². The Hall–Kier alpha value is -2.11. The fourth-order valence-electron chi connectivity index (χ4n) is 1.50. The Kier molecular flexibility index (Phi) is 5.29. The summed E-state index contributed by atoms with van der Waals surface area (Å²) < 4.78 is 0. The van der Waals surface area contributed by atoms with Crippen LogP contribution < -0.4 is 11.1 Å². The maximum absolute atomic E-state index is 11.9. The van der Waals surface area contributed by atoms with Crippen molar-refractivity contribution in [1.82, 2.24) is 15.2 Å². The fraction of sp³-hybridized carbons (Fsp3) is 0.462. The van der Waals surface area contributed by atoms with Gasteiger partial charge in [-0.2, -0.15) is 0 Å². The van der Waals surface area contributed by atoms with Gasteiger partial charge in [0.1, 0.15) is 0 Å². The maximum atomic E-state index is 11.9. The first-order valence-corrected chi connectivity index (χ1v) is 6.12. The first kappa shape index (κ1) is 14.9. The smallest absolute Gasteiger partial charge is 0.239 e. The Bertz CT molecular complexity index is 442. The molecular formula is C13H20N4O2. The van der Waals surface area contributed by atoms with E-state index in [-0.39, 0.29) is 30.8 Å². The zero-order valence-electron chi connectivity index (χ0n) is 11.5. The second-order valence-electron chi connectivity index (χ2n) is 4.73. The van der Waals surface area contributed by atoms with Crippen LogP contribution in [0.1, 0.15) is 19.5 Å².